The zero-order valence-corrected chi connectivity index (χ0v) is 21.7. The SMILES string of the molecule is CC(C)C1=CC=CCC(C(C)C)=C1NC(c1ccccc1)c1cccc(-c2ccc(C(F)(F)F)cc2)n1. The maximum absolute atomic E-state index is 13.1. The van der Waals surface area contributed by atoms with Crippen LogP contribution >= 0.6 is 0 Å². The first kappa shape index (κ1) is 26.5. The third-order valence-electron chi connectivity index (χ3n) is 6.67. The van der Waals surface area contributed by atoms with Gasteiger partial charge in [0.1, 0.15) is 0 Å². The van der Waals surface area contributed by atoms with E-state index in [2.05, 4.69) is 63.4 Å². The van der Waals surface area contributed by atoms with Crippen LogP contribution in [0.15, 0.2) is 108 Å². The van der Waals surface area contributed by atoms with Gasteiger partial charge in [0.2, 0.25) is 0 Å². The van der Waals surface area contributed by atoms with Crippen molar-refractivity contribution in [2.75, 3.05) is 0 Å². The van der Waals surface area contributed by atoms with Crippen molar-refractivity contribution in [3.63, 3.8) is 0 Å². The van der Waals surface area contributed by atoms with Gasteiger partial charge in [-0.2, -0.15) is 13.2 Å². The van der Waals surface area contributed by atoms with Gasteiger partial charge in [0.25, 0.3) is 0 Å². The number of alkyl halides is 3. The molecule has 37 heavy (non-hydrogen) atoms. The average molecular weight is 503 g/mol. The van der Waals surface area contributed by atoms with Crippen LogP contribution in [0.5, 0.6) is 0 Å². The molecule has 1 aliphatic rings. The maximum atomic E-state index is 13.1. The van der Waals surface area contributed by atoms with Crippen LogP contribution in [0, 0.1) is 11.8 Å². The van der Waals surface area contributed by atoms with Crippen molar-refractivity contribution in [2.45, 2.75) is 46.3 Å². The molecule has 3 aromatic rings. The van der Waals surface area contributed by atoms with Gasteiger partial charge in [0.15, 0.2) is 0 Å². The summed E-state index contributed by atoms with van der Waals surface area (Å²) in [7, 11) is 0. The van der Waals surface area contributed by atoms with E-state index in [1.165, 1.54) is 23.3 Å². The predicted octanol–water partition coefficient (Wildman–Crippen LogP) is 8.90. The van der Waals surface area contributed by atoms with Gasteiger partial charge in [0, 0.05) is 11.3 Å². The van der Waals surface area contributed by atoms with Gasteiger partial charge in [-0.25, -0.2) is 0 Å². The van der Waals surface area contributed by atoms with Gasteiger partial charge in [0.05, 0.1) is 23.0 Å². The highest BCUT2D eigenvalue weighted by Crippen LogP contribution is 2.34. The number of allylic oxidation sites excluding steroid dienone is 5. The Labute approximate surface area is 217 Å². The van der Waals surface area contributed by atoms with Gasteiger partial charge >= 0.3 is 6.18 Å². The second-order valence-corrected chi connectivity index (χ2v) is 9.97. The molecule has 5 heteroatoms. The number of pyridine rings is 1. The molecule has 2 nitrogen and oxygen atoms in total. The topological polar surface area (TPSA) is 24.9 Å². The summed E-state index contributed by atoms with van der Waals surface area (Å²) in [5.74, 6) is 0.678. The Morgan fingerprint density at radius 1 is 0.811 bits per heavy atom. The van der Waals surface area contributed by atoms with E-state index in [1.807, 2.05) is 36.4 Å². The largest absolute Gasteiger partial charge is 0.416 e. The summed E-state index contributed by atoms with van der Waals surface area (Å²) in [4.78, 5) is 4.94. The summed E-state index contributed by atoms with van der Waals surface area (Å²) >= 11 is 0. The Kier molecular flexibility index (Phi) is 8.01. The van der Waals surface area contributed by atoms with Gasteiger partial charge in [-0.15, -0.1) is 0 Å². The molecule has 0 saturated heterocycles. The molecule has 0 bridgehead atoms. The minimum atomic E-state index is -4.37. The average Bonchev–Trinajstić information content (AvgIpc) is 3.10. The fraction of sp³-hybridized carbons (Fsp3) is 0.281. The predicted molar refractivity (Wildman–Crippen MR) is 145 cm³/mol. The number of hydrogen-bond donors (Lipinski definition) is 1. The normalized spacial score (nSPS) is 15.1. The lowest BCUT2D eigenvalue weighted by Gasteiger charge is -2.28. The van der Waals surface area contributed by atoms with Gasteiger partial charge in [-0.05, 0) is 59.2 Å². The molecule has 0 fully saturated rings. The van der Waals surface area contributed by atoms with Crippen LogP contribution in [0.3, 0.4) is 0 Å². The molecule has 0 spiro atoms. The number of nitrogens with zero attached hydrogens (tertiary/aromatic N) is 1. The first-order chi connectivity index (χ1) is 17.6. The fourth-order valence-corrected chi connectivity index (χ4v) is 4.64. The molecule has 1 aromatic heterocycles. The van der Waals surface area contributed by atoms with E-state index < -0.39 is 11.7 Å². The van der Waals surface area contributed by atoms with Crippen molar-refractivity contribution < 1.29 is 13.2 Å². The highest BCUT2D eigenvalue weighted by molar-refractivity contribution is 5.60. The molecule has 192 valence electrons. The third-order valence-corrected chi connectivity index (χ3v) is 6.67. The molecule has 0 saturated carbocycles. The first-order valence-electron chi connectivity index (χ1n) is 12.7. The number of halogens is 3. The van der Waals surface area contributed by atoms with Crippen molar-refractivity contribution in [2.24, 2.45) is 11.8 Å². The minimum absolute atomic E-state index is 0.236. The number of aromatic nitrogens is 1. The lowest BCUT2D eigenvalue weighted by molar-refractivity contribution is -0.137. The quantitative estimate of drug-likeness (QED) is 0.349. The van der Waals surface area contributed by atoms with Crippen LogP contribution in [0.2, 0.25) is 0 Å². The zero-order chi connectivity index (χ0) is 26.6. The summed E-state index contributed by atoms with van der Waals surface area (Å²) in [5, 5.41) is 3.86. The second kappa shape index (κ2) is 11.2. The van der Waals surface area contributed by atoms with Gasteiger partial charge < -0.3 is 5.32 Å². The lowest BCUT2D eigenvalue weighted by Crippen LogP contribution is -2.27. The number of rotatable bonds is 7. The van der Waals surface area contributed by atoms with E-state index >= 15 is 0 Å². The summed E-state index contributed by atoms with van der Waals surface area (Å²) in [5.41, 5.74) is 6.21. The third kappa shape index (κ3) is 6.22. The molecule has 0 amide bonds. The standard InChI is InChI=1S/C32H33F3N2/c1-21(2)26-13-8-9-14-27(22(3)4)31(26)37-30(24-11-6-5-7-12-24)29-16-10-15-28(36-29)23-17-19-25(20-18-23)32(33,34)35/h5-13,15-22,30,37H,14H2,1-4H3. The molecule has 0 radical (unpaired) electrons. The summed E-state index contributed by atoms with van der Waals surface area (Å²) < 4.78 is 39.2. The van der Waals surface area contributed by atoms with Crippen molar-refractivity contribution in [1.29, 1.82) is 0 Å². The van der Waals surface area contributed by atoms with Crippen molar-refractivity contribution >= 4 is 0 Å². The number of hydrogen-bond acceptors (Lipinski definition) is 2. The number of nitrogens with one attached hydrogen (secondary N) is 1. The lowest BCUT2D eigenvalue weighted by atomic mass is 9.90. The Bertz CT molecular complexity index is 1300. The molecule has 1 N–H and O–H groups in total. The molecular formula is C32H33F3N2. The van der Waals surface area contributed by atoms with Crippen LogP contribution in [0.25, 0.3) is 11.3 Å². The van der Waals surface area contributed by atoms with E-state index in [0.29, 0.717) is 23.1 Å². The highest BCUT2D eigenvalue weighted by Gasteiger charge is 2.30. The van der Waals surface area contributed by atoms with E-state index in [9.17, 15) is 13.2 Å². The van der Waals surface area contributed by atoms with Crippen LogP contribution < -0.4 is 5.32 Å². The van der Waals surface area contributed by atoms with Crippen LogP contribution in [0.1, 0.15) is 57.0 Å². The molecule has 1 atom stereocenters. The first-order valence-corrected chi connectivity index (χ1v) is 12.7. The molecule has 1 unspecified atom stereocenters. The molecule has 2 aromatic carbocycles. The fourth-order valence-electron chi connectivity index (χ4n) is 4.64. The van der Waals surface area contributed by atoms with Crippen molar-refractivity contribution in [1.82, 2.24) is 10.3 Å². The molecule has 1 heterocycles. The Hall–Kier alpha value is -3.60. The van der Waals surface area contributed by atoms with E-state index in [0.717, 1.165) is 35.5 Å². The summed E-state index contributed by atoms with van der Waals surface area (Å²) in [6.45, 7) is 8.83. The Morgan fingerprint density at radius 2 is 1.51 bits per heavy atom. The monoisotopic (exact) mass is 502 g/mol. The maximum Gasteiger partial charge on any atom is 0.416 e. The summed E-state index contributed by atoms with van der Waals surface area (Å²) in [6.07, 6.45) is 3.03. The molecule has 0 aliphatic heterocycles. The molecule has 1 aliphatic carbocycles. The highest BCUT2D eigenvalue weighted by atomic mass is 19.4. The van der Waals surface area contributed by atoms with Gasteiger partial charge in [-0.1, -0.05) is 94.5 Å². The summed E-state index contributed by atoms with van der Waals surface area (Å²) in [6, 6.07) is 20.8. The Balaban J connectivity index is 1.79. The number of benzene rings is 2. The molecular weight excluding hydrogens is 469 g/mol. The van der Waals surface area contributed by atoms with E-state index in [1.54, 1.807) is 0 Å². The molecule has 4 rings (SSSR count). The van der Waals surface area contributed by atoms with Crippen molar-refractivity contribution in [3.05, 3.63) is 125 Å². The minimum Gasteiger partial charge on any atom is -0.373 e. The van der Waals surface area contributed by atoms with Crippen molar-refractivity contribution in [3.8, 4) is 11.3 Å². The van der Waals surface area contributed by atoms with Crippen LogP contribution in [-0.2, 0) is 6.18 Å². The van der Waals surface area contributed by atoms with E-state index in [4.69, 9.17) is 4.98 Å². The zero-order valence-electron chi connectivity index (χ0n) is 21.7. The Morgan fingerprint density at radius 3 is 2.14 bits per heavy atom. The smallest absolute Gasteiger partial charge is 0.373 e. The van der Waals surface area contributed by atoms with Crippen LogP contribution in [-0.4, -0.2) is 4.98 Å². The van der Waals surface area contributed by atoms with E-state index in [-0.39, 0.29) is 6.04 Å². The second-order valence-electron chi connectivity index (χ2n) is 9.97. The van der Waals surface area contributed by atoms with Crippen LogP contribution in [0.4, 0.5) is 13.2 Å². The van der Waals surface area contributed by atoms with Gasteiger partial charge in [-0.3, -0.25) is 4.98 Å².